The number of rotatable bonds is 3. The summed E-state index contributed by atoms with van der Waals surface area (Å²) < 4.78 is 9.47. The van der Waals surface area contributed by atoms with Crippen molar-refractivity contribution in [3.05, 3.63) is 162 Å². The van der Waals surface area contributed by atoms with Gasteiger partial charge < -0.3 is 13.8 Å². The fourth-order valence-electron chi connectivity index (χ4n) is 10.2. The average molecular weight is 793 g/mol. The highest BCUT2D eigenvalue weighted by Gasteiger charge is 2.45. The first-order valence-electron chi connectivity index (χ1n) is 22.0. The van der Waals surface area contributed by atoms with Crippen LogP contribution in [0.25, 0.3) is 66.4 Å². The van der Waals surface area contributed by atoms with Gasteiger partial charge in [0.25, 0.3) is 0 Å². The van der Waals surface area contributed by atoms with Gasteiger partial charge in [-0.15, -0.1) is 0 Å². The maximum absolute atomic E-state index is 6.73. The monoisotopic (exact) mass is 792 g/mol. The van der Waals surface area contributed by atoms with Gasteiger partial charge in [0.15, 0.2) is 0 Å². The van der Waals surface area contributed by atoms with Crippen LogP contribution in [0.15, 0.2) is 144 Å². The number of para-hydroxylation sites is 1. The number of aromatic nitrogens is 1. The number of benzene rings is 7. The van der Waals surface area contributed by atoms with Gasteiger partial charge in [0.05, 0.1) is 0 Å². The lowest BCUT2D eigenvalue weighted by atomic mass is 9.44. The lowest BCUT2D eigenvalue weighted by molar-refractivity contribution is 0.589. The molecule has 0 aliphatic carbocycles. The van der Waals surface area contributed by atoms with Crippen LogP contribution in [0.3, 0.4) is 0 Å². The molecule has 11 rings (SSSR count). The first-order chi connectivity index (χ1) is 29.1. The number of fused-ring (bicyclic) bond motifs is 7. The smallest absolute Gasteiger partial charge is 0.333 e. The second-order valence-electron chi connectivity index (χ2n) is 20.7. The zero-order valence-corrected chi connectivity index (χ0v) is 37.2. The minimum absolute atomic E-state index is 0.0338. The van der Waals surface area contributed by atoms with Gasteiger partial charge in [-0.3, -0.25) is 0 Å². The molecule has 0 saturated carbocycles. The van der Waals surface area contributed by atoms with Crippen molar-refractivity contribution >= 4 is 67.7 Å². The molecule has 0 fully saturated rings. The molecule has 0 radical (unpaired) electrons. The summed E-state index contributed by atoms with van der Waals surface area (Å²) in [7, 11) is 0. The summed E-state index contributed by atoms with van der Waals surface area (Å²) in [4.78, 5) is 2.54. The predicted octanol–water partition coefficient (Wildman–Crippen LogP) is 14.5. The van der Waals surface area contributed by atoms with Gasteiger partial charge in [-0.05, 0) is 109 Å². The zero-order valence-electron chi connectivity index (χ0n) is 37.2. The van der Waals surface area contributed by atoms with E-state index in [1.165, 1.54) is 83.3 Å². The Kier molecular flexibility index (Phi) is 7.96. The standard InChI is InChI=1S/C57H53BN2O/c1-34-18-14-15-21-40(34)51-45-30-37(56(5,6)7)29-44-43-28-38(57(8,9)10)31-48-52(43)58(60(54(44)45)53(51)35-19-12-11-13-20-35)46-32-42-41-22-16-17-23-49(41)61-50(42)33-47(46)59(48)39-26-24-36(25-27-39)55(2,3)4/h11-33H,1-10H3. The lowest BCUT2D eigenvalue weighted by Crippen LogP contribution is -2.57. The highest BCUT2D eigenvalue weighted by Crippen LogP contribution is 2.52. The van der Waals surface area contributed by atoms with Crippen LogP contribution in [0, 0.1) is 6.92 Å². The summed E-state index contributed by atoms with van der Waals surface area (Å²) in [5.41, 5.74) is 22.0. The van der Waals surface area contributed by atoms with Crippen LogP contribution in [-0.4, -0.2) is 11.3 Å². The maximum Gasteiger partial charge on any atom is 0.333 e. The first kappa shape index (κ1) is 37.7. The third kappa shape index (κ3) is 5.64. The van der Waals surface area contributed by atoms with E-state index in [-0.39, 0.29) is 23.1 Å². The van der Waals surface area contributed by atoms with Crippen molar-refractivity contribution in [2.24, 2.45) is 0 Å². The van der Waals surface area contributed by atoms with E-state index in [1.807, 2.05) is 0 Å². The molecule has 0 saturated heterocycles. The van der Waals surface area contributed by atoms with Crippen molar-refractivity contribution < 1.29 is 4.42 Å². The van der Waals surface area contributed by atoms with Gasteiger partial charge >= 0.3 is 6.85 Å². The molecule has 0 bridgehead atoms. The zero-order chi connectivity index (χ0) is 42.3. The van der Waals surface area contributed by atoms with Crippen LogP contribution in [-0.2, 0) is 16.2 Å². The molecule has 4 heterocycles. The van der Waals surface area contributed by atoms with E-state index in [0.717, 1.165) is 33.3 Å². The van der Waals surface area contributed by atoms with Crippen molar-refractivity contribution in [3.63, 3.8) is 0 Å². The molecule has 300 valence electrons. The molecule has 2 aliphatic heterocycles. The SMILES string of the molecule is Cc1ccccc1-c1c(-c2ccccc2)n2c3c(cc(C(C)(C)C)cc13)-c1cc(C(C)(C)C)cc3c1B2c1cc2c(cc1N3c1ccc(C(C)(C)C)cc1)oc1ccccc12. The summed E-state index contributed by atoms with van der Waals surface area (Å²) in [5, 5.41) is 3.59. The molecule has 2 aliphatic rings. The van der Waals surface area contributed by atoms with Crippen LogP contribution >= 0.6 is 0 Å². The third-order valence-electron chi connectivity index (χ3n) is 13.6. The van der Waals surface area contributed by atoms with Crippen molar-refractivity contribution in [2.45, 2.75) is 85.5 Å². The Morgan fingerprint density at radius 3 is 1.84 bits per heavy atom. The number of anilines is 3. The summed E-state index contributed by atoms with van der Waals surface area (Å²) in [6, 6.07) is 52.8. The van der Waals surface area contributed by atoms with Crippen LogP contribution in [0.2, 0.25) is 0 Å². The van der Waals surface area contributed by atoms with Gasteiger partial charge in [-0.2, -0.15) is 0 Å². The molecule has 2 aromatic heterocycles. The molecule has 0 amide bonds. The van der Waals surface area contributed by atoms with Crippen LogP contribution in [0.5, 0.6) is 0 Å². The van der Waals surface area contributed by atoms with Crippen molar-refractivity contribution in [3.8, 4) is 33.5 Å². The van der Waals surface area contributed by atoms with E-state index in [1.54, 1.807) is 0 Å². The van der Waals surface area contributed by atoms with Crippen molar-refractivity contribution in [1.82, 2.24) is 4.48 Å². The molecule has 0 atom stereocenters. The Morgan fingerprint density at radius 2 is 1.13 bits per heavy atom. The maximum atomic E-state index is 6.73. The summed E-state index contributed by atoms with van der Waals surface area (Å²) >= 11 is 0. The number of aryl methyl sites for hydroxylation is 1. The minimum atomic E-state index is -0.124. The largest absolute Gasteiger partial charge is 0.456 e. The fourth-order valence-corrected chi connectivity index (χ4v) is 10.2. The van der Waals surface area contributed by atoms with Crippen molar-refractivity contribution in [2.75, 3.05) is 4.90 Å². The normalized spacial score (nSPS) is 13.7. The molecule has 0 spiro atoms. The van der Waals surface area contributed by atoms with Crippen LogP contribution in [0.1, 0.15) is 84.6 Å². The van der Waals surface area contributed by atoms with E-state index in [0.29, 0.717) is 0 Å². The molecule has 4 heteroatoms. The Bertz CT molecular complexity index is 3250. The summed E-state index contributed by atoms with van der Waals surface area (Å²) in [6.07, 6.45) is 0. The molecule has 0 unspecified atom stereocenters. The van der Waals surface area contributed by atoms with E-state index >= 15 is 0 Å². The molecule has 61 heavy (non-hydrogen) atoms. The Morgan fingerprint density at radius 1 is 0.492 bits per heavy atom. The molecular formula is C57H53BN2O. The van der Waals surface area contributed by atoms with Gasteiger partial charge in [0, 0.05) is 61.6 Å². The Labute approximate surface area is 360 Å². The molecule has 9 aromatic rings. The molecule has 0 N–H and O–H groups in total. The predicted molar refractivity (Wildman–Crippen MR) is 261 cm³/mol. The number of furan rings is 1. The fraction of sp³-hybridized carbons (Fsp3) is 0.228. The lowest BCUT2D eigenvalue weighted by Gasteiger charge is -2.42. The molecule has 7 aromatic carbocycles. The van der Waals surface area contributed by atoms with Gasteiger partial charge in [0.1, 0.15) is 11.2 Å². The highest BCUT2D eigenvalue weighted by atomic mass is 16.3. The first-order valence-corrected chi connectivity index (χ1v) is 22.0. The number of nitrogens with zero attached hydrogens (tertiary/aromatic N) is 2. The topological polar surface area (TPSA) is 21.3 Å². The van der Waals surface area contributed by atoms with Crippen LogP contribution < -0.4 is 15.8 Å². The van der Waals surface area contributed by atoms with Crippen molar-refractivity contribution in [1.29, 1.82) is 0 Å². The van der Waals surface area contributed by atoms with Gasteiger partial charge in [-0.1, -0.05) is 159 Å². The number of hydrogen-bond donors (Lipinski definition) is 0. The van der Waals surface area contributed by atoms with Gasteiger partial charge in [0.2, 0.25) is 0 Å². The Balaban J connectivity index is 1.37. The van der Waals surface area contributed by atoms with E-state index in [2.05, 4.69) is 218 Å². The third-order valence-corrected chi connectivity index (χ3v) is 13.6. The average Bonchev–Trinajstić information content (AvgIpc) is 3.76. The molecular weight excluding hydrogens is 739 g/mol. The quantitative estimate of drug-likeness (QED) is 0.166. The van der Waals surface area contributed by atoms with E-state index < -0.39 is 0 Å². The minimum Gasteiger partial charge on any atom is -0.456 e. The van der Waals surface area contributed by atoms with E-state index in [9.17, 15) is 0 Å². The molecule has 3 nitrogen and oxygen atoms in total. The number of hydrogen-bond acceptors (Lipinski definition) is 2. The van der Waals surface area contributed by atoms with E-state index in [4.69, 9.17) is 4.42 Å². The van der Waals surface area contributed by atoms with Crippen LogP contribution in [0.4, 0.5) is 17.1 Å². The highest BCUT2D eigenvalue weighted by molar-refractivity contribution is 6.90. The van der Waals surface area contributed by atoms with Gasteiger partial charge in [-0.25, -0.2) is 0 Å². The second kappa shape index (κ2) is 12.9. The Hall–Kier alpha value is -6.26. The summed E-state index contributed by atoms with van der Waals surface area (Å²) in [6.45, 7) is 23.2. The second-order valence-corrected chi connectivity index (χ2v) is 20.7. The summed E-state index contributed by atoms with van der Waals surface area (Å²) in [5.74, 6) is 0.